The van der Waals surface area contributed by atoms with Crippen LogP contribution in [0.25, 0.3) is 16.8 Å². The maximum Gasteiger partial charge on any atom is 0.308 e. The van der Waals surface area contributed by atoms with Crippen molar-refractivity contribution in [3.8, 4) is 11.3 Å². The summed E-state index contributed by atoms with van der Waals surface area (Å²) in [5.41, 5.74) is 4.86. The second-order valence-electron chi connectivity index (χ2n) is 7.81. The average Bonchev–Trinajstić information content (AvgIpc) is 3.16. The number of amides is 1. The molecule has 3 heterocycles. The number of methoxy groups -OCH3 is 1. The Kier molecular flexibility index (Phi) is 6.27. The standard InChI is InChI=1S/C23H26N4O3S/c1-15-13-16(2)25-27-21(15)20(17-7-5-4-6-8-17)24-23(27)31-14-19(28)26-11-9-18(10-12-26)22(29)30-3/h4-8,13,18H,9-12,14H2,1-3H3. The monoisotopic (exact) mass is 438 g/mol. The number of hydrogen-bond acceptors (Lipinski definition) is 6. The molecule has 0 atom stereocenters. The summed E-state index contributed by atoms with van der Waals surface area (Å²) in [6, 6.07) is 12.1. The lowest BCUT2D eigenvalue weighted by Gasteiger charge is -2.30. The van der Waals surface area contributed by atoms with Gasteiger partial charge in [-0.1, -0.05) is 42.1 Å². The van der Waals surface area contributed by atoms with Crippen molar-refractivity contribution in [2.75, 3.05) is 26.0 Å². The molecule has 2 aromatic heterocycles. The maximum atomic E-state index is 12.8. The van der Waals surface area contributed by atoms with Crippen molar-refractivity contribution in [2.24, 2.45) is 5.92 Å². The van der Waals surface area contributed by atoms with E-state index in [0.717, 1.165) is 28.0 Å². The van der Waals surface area contributed by atoms with Crippen LogP contribution in [0.2, 0.25) is 0 Å². The van der Waals surface area contributed by atoms with E-state index in [1.165, 1.54) is 18.9 Å². The van der Waals surface area contributed by atoms with Gasteiger partial charge in [0, 0.05) is 18.7 Å². The fraction of sp³-hybridized carbons (Fsp3) is 0.391. The van der Waals surface area contributed by atoms with Crippen LogP contribution >= 0.6 is 11.8 Å². The van der Waals surface area contributed by atoms with Crippen LogP contribution in [0.3, 0.4) is 0 Å². The fourth-order valence-electron chi connectivity index (χ4n) is 4.05. The molecule has 0 bridgehead atoms. The van der Waals surface area contributed by atoms with Crippen LogP contribution in [0.5, 0.6) is 0 Å². The SMILES string of the molecule is COC(=O)C1CCN(C(=O)CSc2nc(-c3ccccc3)c3c(C)cc(C)nn23)CC1. The van der Waals surface area contributed by atoms with Gasteiger partial charge in [-0.05, 0) is 38.3 Å². The molecule has 3 aromatic rings. The molecule has 1 saturated heterocycles. The third-order valence-corrected chi connectivity index (χ3v) is 6.55. The van der Waals surface area contributed by atoms with E-state index in [1.54, 1.807) is 0 Å². The highest BCUT2D eigenvalue weighted by Crippen LogP contribution is 2.31. The summed E-state index contributed by atoms with van der Waals surface area (Å²) in [6.07, 6.45) is 1.29. The largest absolute Gasteiger partial charge is 0.469 e. The van der Waals surface area contributed by atoms with Crippen molar-refractivity contribution in [3.05, 3.63) is 47.7 Å². The minimum absolute atomic E-state index is 0.0516. The first-order valence-corrected chi connectivity index (χ1v) is 11.4. The van der Waals surface area contributed by atoms with Gasteiger partial charge in [0.1, 0.15) is 0 Å². The lowest BCUT2D eigenvalue weighted by Crippen LogP contribution is -2.41. The van der Waals surface area contributed by atoms with E-state index < -0.39 is 0 Å². The molecule has 8 heteroatoms. The van der Waals surface area contributed by atoms with Gasteiger partial charge in [0.25, 0.3) is 0 Å². The predicted molar refractivity (Wildman–Crippen MR) is 120 cm³/mol. The van der Waals surface area contributed by atoms with E-state index in [4.69, 9.17) is 9.72 Å². The molecule has 31 heavy (non-hydrogen) atoms. The van der Waals surface area contributed by atoms with Crippen molar-refractivity contribution in [2.45, 2.75) is 31.8 Å². The molecule has 0 radical (unpaired) electrons. The summed E-state index contributed by atoms with van der Waals surface area (Å²) in [5.74, 6) is 0.0399. The van der Waals surface area contributed by atoms with E-state index in [2.05, 4.69) is 18.1 Å². The molecule has 7 nitrogen and oxygen atoms in total. The van der Waals surface area contributed by atoms with E-state index in [-0.39, 0.29) is 23.5 Å². The number of hydrogen-bond donors (Lipinski definition) is 0. The number of nitrogens with zero attached hydrogens (tertiary/aromatic N) is 4. The van der Waals surface area contributed by atoms with Gasteiger partial charge in [-0.3, -0.25) is 9.59 Å². The number of esters is 1. The van der Waals surface area contributed by atoms with Crippen molar-refractivity contribution in [1.82, 2.24) is 19.5 Å². The average molecular weight is 439 g/mol. The Bertz CT molecular complexity index is 1100. The number of fused-ring (bicyclic) bond motifs is 1. The highest BCUT2D eigenvalue weighted by molar-refractivity contribution is 7.99. The second kappa shape index (κ2) is 9.09. The second-order valence-corrected chi connectivity index (χ2v) is 8.75. The normalized spacial score (nSPS) is 14.7. The quantitative estimate of drug-likeness (QED) is 0.448. The maximum absolute atomic E-state index is 12.8. The molecule has 1 aromatic carbocycles. The Morgan fingerprint density at radius 1 is 1.16 bits per heavy atom. The topological polar surface area (TPSA) is 76.8 Å². The first-order valence-electron chi connectivity index (χ1n) is 10.4. The van der Waals surface area contributed by atoms with Gasteiger partial charge in [0.15, 0.2) is 5.16 Å². The van der Waals surface area contributed by atoms with Crippen LogP contribution < -0.4 is 0 Å². The van der Waals surface area contributed by atoms with E-state index in [0.29, 0.717) is 31.1 Å². The van der Waals surface area contributed by atoms with Crippen LogP contribution in [0.4, 0.5) is 0 Å². The first kappa shape index (κ1) is 21.4. The summed E-state index contributed by atoms with van der Waals surface area (Å²) in [6.45, 7) is 5.17. The number of aromatic nitrogens is 3. The highest BCUT2D eigenvalue weighted by Gasteiger charge is 2.28. The minimum Gasteiger partial charge on any atom is -0.469 e. The predicted octanol–water partition coefficient (Wildman–Crippen LogP) is 3.52. The Morgan fingerprint density at radius 3 is 2.55 bits per heavy atom. The lowest BCUT2D eigenvalue weighted by atomic mass is 9.97. The molecule has 1 fully saturated rings. The van der Waals surface area contributed by atoms with Gasteiger partial charge < -0.3 is 9.64 Å². The molecule has 0 spiro atoms. The zero-order valence-electron chi connectivity index (χ0n) is 18.0. The lowest BCUT2D eigenvalue weighted by molar-refractivity contribution is -0.148. The van der Waals surface area contributed by atoms with Crippen molar-refractivity contribution >= 4 is 29.2 Å². The number of ether oxygens (including phenoxy) is 1. The molecular weight excluding hydrogens is 412 g/mol. The molecule has 1 aliphatic rings. The van der Waals surface area contributed by atoms with E-state index >= 15 is 0 Å². The number of benzene rings is 1. The number of piperidine rings is 1. The third kappa shape index (κ3) is 4.44. The Labute approximate surface area is 185 Å². The van der Waals surface area contributed by atoms with Crippen LogP contribution in [0.15, 0.2) is 41.6 Å². The number of carbonyl (C=O) groups excluding carboxylic acids is 2. The minimum atomic E-state index is -0.185. The number of imidazole rings is 1. The number of aryl methyl sites for hydroxylation is 2. The van der Waals surface area contributed by atoms with Gasteiger partial charge in [0.05, 0.1) is 35.7 Å². The van der Waals surface area contributed by atoms with Crippen LogP contribution in [0.1, 0.15) is 24.1 Å². The Balaban J connectivity index is 1.53. The van der Waals surface area contributed by atoms with E-state index in [1.807, 2.05) is 46.7 Å². The van der Waals surface area contributed by atoms with Crippen LogP contribution in [-0.4, -0.2) is 57.3 Å². The van der Waals surface area contributed by atoms with Gasteiger partial charge in [-0.15, -0.1) is 0 Å². The zero-order chi connectivity index (χ0) is 22.0. The molecule has 162 valence electrons. The number of thioether (sulfide) groups is 1. The van der Waals surface area contributed by atoms with Gasteiger partial charge >= 0.3 is 5.97 Å². The Hall–Kier alpha value is -2.87. The molecule has 1 amide bonds. The van der Waals surface area contributed by atoms with Crippen molar-refractivity contribution in [3.63, 3.8) is 0 Å². The molecule has 4 rings (SSSR count). The summed E-state index contributed by atoms with van der Waals surface area (Å²) >= 11 is 1.40. The molecule has 0 saturated carbocycles. The number of carbonyl (C=O) groups is 2. The molecule has 0 unspecified atom stereocenters. The first-order chi connectivity index (χ1) is 15.0. The molecule has 0 aliphatic carbocycles. The van der Waals surface area contributed by atoms with Crippen LogP contribution in [-0.2, 0) is 14.3 Å². The van der Waals surface area contributed by atoms with Gasteiger partial charge in [-0.2, -0.15) is 5.10 Å². The van der Waals surface area contributed by atoms with Gasteiger partial charge in [0.2, 0.25) is 5.91 Å². The zero-order valence-corrected chi connectivity index (χ0v) is 18.8. The fourth-order valence-corrected chi connectivity index (χ4v) is 4.89. The van der Waals surface area contributed by atoms with Crippen molar-refractivity contribution < 1.29 is 14.3 Å². The highest BCUT2D eigenvalue weighted by atomic mass is 32.2. The number of rotatable bonds is 5. The molecule has 0 N–H and O–H groups in total. The van der Waals surface area contributed by atoms with Crippen molar-refractivity contribution in [1.29, 1.82) is 0 Å². The number of likely N-dealkylation sites (tertiary alicyclic amines) is 1. The molecular formula is C23H26N4O3S. The van der Waals surface area contributed by atoms with Crippen LogP contribution in [0, 0.1) is 19.8 Å². The summed E-state index contributed by atoms with van der Waals surface area (Å²) in [5, 5.41) is 5.38. The molecule has 1 aliphatic heterocycles. The smallest absolute Gasteiger partial charge is 0.308 e. The summed E-state index contributed by atoms with van der Waals surface area (Å²) in [7, 11) is 1.41. The van der Waals surface area contributed by atoms with E-state index in [9.17, 15) is 9.59 Å². The summed E-state index contributed by atoms with van der Waals surface area (Å²) < 4.78 is 6.68. The summed E-state index contributed by atoms with van der Waals surface area (Å²) in [4.78, 5) is 31.2. The van der Waals surface area contributed by atoms with Gasteiger partial charge in [-0.25, -0.2) is 9.50 Å². The Morgan fingerprint density at radius 2 is 1.87 bits per heavy atom. The third-order valence-electron chi connectivity index (χ3n) is 5.64.